The van der Waals surface area contributed by atoms with Crippen LogP contribution >= 0.6 is 0 Å². The van der Waals surface area contributed by atoms with Gasteiger partial charge < -0.3 is 19.3 Å². The number of esters is 2. The molecule has 1 N–H and O–H groups in total. The summed E-state index contributed by atoms with van der Waals surface area (Å²) in [4.78, 5) is 39.8. The molecule has 1 saturated heterocycles. The normalized spacial score (nSPS) is 28.2. The third-order valence-corrected chi connectivity index (χ3v) is 4.74. The minimum absolute atomic E-state index is 0.173. The fraction of sp³-hybridized carbons (Fsp3) is 0.400. The molecule has 1 aliphatic heterocycles. The summed E-state index contributed by atoms with van der Waals surface area (Å²) < 4.78 is 32.0. The number of rotatable bonds is 5. The van der Waals surface area contributed by atoms with Crippen molar-refractivity contribution < 1.29 is 33.3 Å². The number of nitrogens with zero attached hydrogens (tertiary/aromatic N) is 2. The van der Waals surface area contributed by atoms with Crippen molar-refractivity contribution in [3.63, 3.8) is 0 Å². The van der Waals surface area contributed by atoms with Crippen LogP contribution in [0.25, 0.3) is 0 Å². The standard InChI is InChI=1S/C20H21FN2O7/c1-12-9-10-23(18(27)22-12)17-19(3,29-13(2)24)16(26)20(21,30-17)11-28-15(25)14-7-5-4-6-8-14/h4-10,16-17,26H,11H2,1-3H3/t16-,17+,19+,20+/m0/s1. The van der Waals surface area contributed by atoms with Crippen LogP contribution in [0.15, 0.2) is 47.4 Å². The van der Waals surface area contributed by atoms with Crippen LogP contribution in [-0.4, -0.2) is 50.8 Å². The largest absolute Gasteiger partial charge is 0.456 e. The summed E-state index contributed by atoms with van der Waals surface area (Å²) in [6, 6.07) is 9.32. The first-order chi connectivity index (χ1) is 14.1. The van der Waals surface area contributed by atoms with Crippen molar-refractivity contribution in [3.8, 4) is 0 Å². The van der Waals surface area contributed by atoms with E-state index in [2.05, 4.69) is 4.98 Å². The molecule has 1 aromatic heterocycles. The van der Waals surface area contributed by atoms with Gasteiger partial charge in [0.1, 0.15) is 0 Å². The van der Waals surface area contributed by atoms with Crippen molar-refractivity contribution in [1.82, 2.24) is 9.55 Å². The summed E-state index contributed by atoms with van der Waals surface area (Å²) in [6.45, 7) is 2.88. The van der Waals surface area contributed by atoms with E-state index >= 15 is 4.39 Å². The second kappa shape index (κ2) is 7.96. The molecule has 0 radical (unpaired) electrons. The molecule has 0 amide bonds. The molecule has 160 valence electrons. The summed E-state index contributed by atoms with van der Waals surface area (Å²) >= 11 is 0. The summed E-state index contributed by atoms with van der Waals surface area (Å²) in [5.41, 5.74) is -2.21. The first kappa shape index (κ1) is 21.6. The van der Waals surface area contributed by atoms with Crippen molar-refractivity contribution in [2.24, 2.45) is 0 Å². The summed E-state index contributed by atoms with van der Waals surface area (Å²) in [5.74, 6) is -4.62. The van der Waals surface area contributed by atoms with E-state index in [1.165, 1.54) is 31.3 Å². The van der Waals surface area contributed by atoms with Gasteiger partial charge in [0.15, 0.2) is 24.5 Å². The molecule has 0 saturated carbocycles. The Bertz CT molecular complexity index is 1010. The zero-order valence-corrected chi connectivity index (χ0v) is 16.6. The van der Waals surface area contributed by atoms with Gasteiger partial charge in [-0.1, -0.05) is 18.2 Å². The monoisotopic (exact) mass is 420 g/mol. The van der Waals surface area contributed by atoms with E-state index in [9.17, 15) is 19.5 Å². The van der Waals surface area contributed by atoms with Crippen LogP contribution in [-0.2, 0) is 19.0 Å². The number of aliphatic hydroxyl groups is 1. The lowest BCUT2D eigenvalue weighted by atomic mass is 9.94. The molecule has 1 fully saturated rings. The fourth-order valence-corrected chi connectivity index (χ4v) is 3.29. The Kier molecular flexibility index (Phi) is 5.73. The number of carbonyl (C=O) groups is 2. The number of ether oxygens (including phenoxy) is 3. The van der Waals surface area contributed by atoms with Gasteiger partial charge in [-0.2, -0.15) is 4.98 Å². The van der Waals surface area contributed by atoms with Crippen LogP contribution in [0, 0.1) is 6.92 Å². The predicted molar refractivity (Wildman–Crippen MR) is 100 cm³/mol. The first-order valence-corrected chi connectivity index (χ1v) is 9.09. The van der Waals surface area contributed by atoms with Crippen molar-refractivity contribution in [2.75, 3.05) is 6.61 Å². The Morgan fingerprint density at radius 3 is 2.57 bits per heavy atom. The maximum Gasteiger partial charge on any atom is 0.350 e. The van der Waals surface area contributed by atoms with Crippen molar-refractivity contribution >= 4 is 11.9 Å². The average molecular weight is 420 g/mol. The zero-order valence-electron chi connectivity index (χ0n) is 16.6. The zero-order chi connectivity index (χ0) is 22.1. The molecule has 2 heterocycles. The van der Waals surface area contributed by atoms with Crippen molar-refractivity contribution in [1.29, 1.82) is 0 Å². The molecule has 1 aliphatic rings. The molecule has 0 aliphatic carbocycles. The van der Waals surface area contributed by atoms with Crippen molar-refractivity contribution in [3.05, 3.63) is 64.3 Å². The third kappa shape index (κ3) is 3.96. The van der Waals surface area contributed by atoms with E-state index in [4.69, 9.17) is 14.2 Å². The number of benzene rings is 1. The highest BCUT2D eigenvalue weighted by atomic mass is 19.2. The number of halogens is 1. The molecule has 10 heteroatoms. The number of aryl methyl sites for hydroxylation is 1. The van der Waals surface area contributed by atoms with E-state index in [0.29, 0.717) is 5.69 Å². The minimum atomic E-state index is -2.95. The highest BCUT2D eigenvalue weighted by Gasteiger charge is 2.66. The van der Waals surface area contributed by atoms with Crippen LogP contribution in [0.3, 0.4) is 0 Å². The summed E-state index contributed by atoms with van der Waals surface area (Å²) in [6.07, 6.45) is -2.35. The van der Waals surface area contributed by atoms with Gasteiger partial charge in [-0.05, 0) is 32.0 Å². The number of hydrogen-bond acceptors (Lipinski definition) is 8. The average Bonchev–Trinajstić information content (AvgIpc) is 2.88. The summed E-state index contributed by atoms with van der Waals surface area (Å²) in [5, 5.41) is 10.7. The molecule has 9 nitrogen and oxygen atoms in total. The SMILES string of the molecule is CC(=O)O[C@@]1(C)[C@H](n2ccc(C)nc2=O)O[C@](F)(COC(=O)c2ccccc2)[C@H]1O. The minimum Gasteiger partial charge on any atom is -0.456 e. The van der Waals surface area contributed by atoms with Gasteiger partial charge in [0.25, 0.3) is 5.85 Å². The lowest BCUT2D eigenvalue weighted by Gasteiger charge is -2.32. The number of alkyl halides is 1. The predicted octanol–water partition coefficient (Wildman–Crippen LogP) is 1.29. The fourth-order valence-electron chi connectivity index (χ4n) is 3.29. The Morgan fingerprint density at radius 1 is 1.30 bits per heavy atom. The molecule has 0 spiro atoms. The Labute approximate surface area is 171 Å². The summed E-state index contributed by atoms with van der Waals surface area (Å²) in [7, 11) is 0. The molecule has 1 aromatic carbocycles. The number of hydrogen-bond donors (Lipinski definition) is 1. The molecule has 3 rings (SSSR count). The molecular weight excluding hydrogens is 399 g/mol. The third-order valence-electron chi connectivity index (χ3n) is 4.74. The number of aliphatic hydroxyl groups excluding tert-OH is 1. The number of carbonyl (C=O) groups excluding carboxylic acids is 2. The lowest BCUT2D eigenvalue weighted by molar-refractivity contribution is -0.207. The van der Waals surface area contributed by atoms with E-state index in [-0.39, 0.29) is 5.56 Å². The van der Waals surface area contributed by atoms with Gasteiger partial charge >= 0.3 is 17.6 Å². The van der Waals surface area contributed by atoms with E-state index in [1.54, 1.807) is 25.1 Å². The van der Waals surface area contributed by atoms with E-state index in [1.807, 2.05) is 0 Å². The van der Waals surface area contributed by atoms with Gasteiger partial charge in [0, 0.05) is 18.8 Å². The Morgan fingerprint density at radius 2 is 1.97 bits per heavy atom. The first-order valence-electron chi connectivity index (χ1n) is 9.09. The van der Waals surface area contributed by atoms with Gasteiger partial charge in [-0.15, -0.1) is 0 Å². The lowest BCUT2D eigenvalue weighted by Crippen LogP contribution is -2.52. The molecule has 0 bridgehead atoms. The Balaban J connectivity index is 1.91. The number of aromatic nitrogens is 2. The van der Waals surface area contributed by atoms with Gasteiger partial charge in [0.2, 0.25) is 0 Å². The maximum absolute atomic E-state index is 15.6. The molecular formula is C20H21FN2O7. The van der Waals surface area contributed by atoms with Crippen LogP contribution in [0.2, 0.25) is 0 Å². The Hall–Kier alpha value is -3.11. The van der Waals surface area contributed by atoms with Crippen molar-refractivity contribution in [2.45, 2.75) is 44.6 Å². The van der Waals surface area contributed by atoms with Crippen LogP contribution in [0.5, 0.6) is 0 Å². The molecule has 2 aromatic rings. The van der Waals surface area contributed by atoms with Crippen LogP contribution < -0.4 is 5.69 Å². The second-order valence-corrected chi connectivity index (χ2v) is 7.14. The highest BCUT2D eigenvalue weighted by molar-refractivity contribution is 5.89. The topological polar surface area (TPSA) is 117 Å². The van der Waals surface area contributed by atoms with Crippen LogP contribution in [0.4, 0.5) is 4.39 Å². The second-order valence-electron chi connectivity index (χ2n) is 7.14. The van der Waals surface area contributed by atoms with Gasteiger partial charge in [0.05, 0.1) is 5.56 Å². The molecule has 30 heavy (non-hydrogen) atoms. The maximum atomic E-state index is 15.6. The quantitative estimate of drug-likeness (QED) is 0.719. The van der Waals surface area contributed by atoms with Crippen LogP contribution in [0.1, 0.15) is 36.1 Å². The van der Waals surface area contributed by atoms with E-state index < -0.39 is 48.0 Å². The highest BCUT2D eigenvalue weighted by Crippen LogP contribution is 2.47. The van der Waals surface area contributed by atoms with Gasteiger partial charge in [-0.25, -0.2) is 14.0 Å². The van der Waals surface area contributed by atoms with E-state index in [0.717, 1.165) is 11.5 Å². The molecule has 0 unspecified atom stereocenters. The molecule has 4 atom stereocenters. The van der Waals surface area contributed by atoms with Gasteiger partial charge in [-0.3, -0.25) is 9.36 Å². The smallest absolute Gasteiger partial charge is 0.350 e.